The Balaban J connectivity index is 2.20. The van der Waals surface area contributed by atoms with Crippen LogP contribution < -0.4 is 27.4 Å². The minimum absolute atomic E-state index is 0.00753. The molecule has 0 radical (unpaired) electrons. The summed E-state index contributed by atoms with van der Waals surface area (Å²) >= 11 is 4.01. The highest BCUT2D eigenvalue weighted by atomic mass is 32.1. The van der Waals surface area contributed by atoms with Crippen molar-refractivity contribution in [3.05, 3.63) is 36.4 Å². The van der Waals surface area contributed by atoms with Crippen LogP contribution in [0.5, 0.6) is 0 Å². The number of carboxylic acid groups (broad SMARTS) is 1. The van der Waals surface area contributed by atoms with E-state index < -0.39 is 47.9 Å². The van der Waals surface area contributed by atoms with Gasteiger partial charge in [-0.25, -0.2) is 14.8 Å². The first-order valence-electron chi connectivity index (χ1n) is 11.4. The van der Waals surface area contributed by atoms with Crippen LogP contribution in [0.4, 0.5) is 0 Å². The molecule has 0 saturated heterocycles. The average molecular weight is 524 g/mol. The summed E-state index contributed by atoms with van der Waals surface area (Å²) in [6.07, 6.45) is 7.18. The zero-order chi connectivity index (χ0) is 26.5. The summed E-state index contributed by atoms with van der Waals surface area (Å²) in [6.45, 7) is 0.402. The number of thiol groups is 1. The van der Waals surface area contributed by atoms with Crippen molar-refractivity contribution >= 4 is 36.3 Å². The molecule has 14 nitrogen and oxygen atoms in total. The van der Waals surface area contributed by atoms with E-state index in [-0.39, 0.29) is 25.0 Å². The van der Waals surface area contributed by atoms with Crippen LogP contribution >= 0.6 is 12.6 Å². The highest BCUT2D eigenvalue weighted by Crippen LogP contribution is 2.06. The van der Waals surface area contributed by atoms with Gasteiger partial charge in [-0.15, -0.1) is 0 Å². The van der Waals surface area contributed by atoms with Crippen molar-refractivity contribution in [2.75, 3.05) is 12.3 Å². The Labute approximate surface area is 213 Å². The molecule has 198 valence electrons. The summed E-state index contributed by atoms with van der Waals surface area (Å²) in [5.41, 5.74) is 12.3. The van der Waals surface area contributed by atoms with Crippen molar-refractivity contribution in [2.45, 2.75) is 56.3 Å². The van der Waals surface area contributed by atoms with Gasteiger partial charge in [-0.1, -0.05) is 0 Å². The molecule has 0 spiro atoms. The molecule has 10 N–H and O–H groups in total. The molecule has 0 aliphatic carbocycles. The van der Waals surface area contributed by atoms with Gasteiger partial charge < -0.3 is 42.5 Å². The van der Waals surface area contributed by atoms with Crippen molar-refractivity contribution in [1.29, 1.82) is 0 Å². The van der Waals surface area contributed by atoms with Crippen LogP contribution in [0.25, 0.3) is 0 Å². The number of aliphatic carboxylic acids is 1. The Morgan fingerprint density at radius 2 is 1.39 bits per heavy atom. The molecule has 4 atom stereocenters. The Hall–Kier alpha value is -3.43. The van der Waals surface area contributed by atoms with Gasteiger partial charge >= 0.3 is 5.97 Å². The van der Waals surface area contributed by atoms with Crippen molar-refractivity contribution < 1.29 is 24.3 Å². The molecule has 2 aromatic heterocycles. The van der Waals surface area contributed by atoms with Crippen LogP contribution in [0.3, 0.4) is 0 Å². The molecule has 0 aromatic carbocycles. The summed E-state index contributed by atoms with van der Waals surface area (Å²) in [5.74, 6) is -3.09. The van der Waals surface area contributed by atoms with E-state index in [1.165, 1.54) is 25.0 Å². The maximum absolute atomic E-state index is 13.2. The number of nitrogens with zero attached hydrogens (tertiary/aromatic N) is 2. The van der Waals surface area contributed by atoms with E-state index in [1.54, 1.807) is 0 Å². The van der Waals surface area contributed by atoms with E-state index in [4.69, 9.17) is 11.5 Å². The number of aromatic amines is 2. The Bertz CT molecular complexity index is 971. The topological polar surface area (TPSA) is 234 Å². The van der Waals surface area contributed by atoms with Crippen LogP contribution in [0.1, 0.15) is 30.7 Å². The van der Waals surface area contributed by atoms with Gasteiger partial charge in [-0.2, -0.15) is 12.6 Å². The maximum Gasteiger partial charge on any atom is 0.326 e. The molecule has 36 heavy (non-hydrogen) atoms. The van der Waals surface area contributed by atoms with Gasteiger partial charge in [0.1, 0.15) is 18.1 Å². The number of carbonyl (C=O) groups excluding carboxylic acids is 3. The molecule has 0 saturated carbocycles. The second kappa shape index (κ2) is 14.9. The minimum atomic E-state index is -1.20. The number of hydrogen-bond acceptors (Lipinski definition) is 9. The number of carbonyl (C=O) groups is 4. The molecule has 0 fully saturated rings. The zero-order valence-electron chi connectivity index (χ0n) is 19.6. The van der Waals surface area contributed by atoms with Gasteiger partial charge in [-0.3, -0.25) is 14.4 Å². The highest BCUT2D eigenvalue weighted by molar-refractivity contribution is 7.80. The fourth-order valence-corrected chi connectivity index (χ4v) is 3.47. The van der Waals surface area contributed by atoms with Gasteiger partial charge in [0.15, 0.2) is 0 Å². The number of rotatable bonds is 16. The molecule has 3 amide bonds. The normalized spacial score (nSPS) is 14.3. The maximum atomic E-state index is 13.2. The quantitative estimate of drug-likeness (QED) is 0.0859. The predicted octanol–water partition coefficient (Wildman–Crippen LogP) is -2.16. The summed E-state index contributed by atoms with van der Waals surface area (Å²) in [4.78, 5) is 63.9. The summed E-state index contributed by atoms with van der Waals surface area (Å²) < 4.78 is 0. The minimum Gasteiger partial charge on any atom is -0.480 e. The molecule has 0 aliphatic rings. The van der Waals surface area contributed by atoms with Crippen molar-refractivity contribution in [1.82, 2.24) is 35.9 Å². The van der Waals surface area contributed by atoms with E-state index in [1.807, 2.05) is 0 Å². The third-order valence-corrected chi connectivity index (χ3v) is 5.71. The Morgan fingerprint density at radius 1 is 0.889 bits per heavy atom. The summed E-state index contributed by atoms with van der Waals surface area (Å²) in [5, 5.41) is 17.2. The average Bonchev–Trinajstić information content (AvgIpc) is 3.56. The number of aromatic nitrogens is 4. The Kier molecular flexibility index (Phi) is 11.9. The lowest BCUT2D eigenvalue weighted by Gasteiger charge is -2.25. The van der Waals surface area contributed by atoms with Gasteiger partial charge in [0.25, 0.3) is 0 Å². The number of H-pyrrole nitrogens is 2. The fourth-order valence-electron chi connectivity index (χ4n) is 3.31. The molecule has 2 aromatic rings. The van der Waals surface area contributed by atoms with Crippen LogP contribution in [-0.2, 0) is 32.0 Å². The highest BCUT2D eigenvalue weighted by Gasteiger charge is 2.31. The molecular formula is C21H33N9O5S. The first kappa shape index (κ1) is 28.8. The van der Waals surface area contributed by atoms with E-state index in [2.05, 4.69) is 48.5 Å². The van der Waals surface area contributed by atoms with Gasteiger partial charge in [0.2, 0.25) is 17.7 Å². The number of amides is 3. The monoisotopic (exact) mass is 523 g/mol. The summed E-state index contributed by atoms with van der Waals surface area (Å²) in [6, 6.07) is -4.35. The van der Waals surface area contributed by atoms with Gasteiger partial charge in [0, 0.05) is 42.4 Å². The van der Waals surface area contributed by atoms with Crippen molar-refractivity contribution in [3.8, 4) is 0 Å². The van der Waals surface area contributed by atoms with E-state index >= 15 is 0 Å². The largest absolute Gasteiger partial charge is 0.480 e. The molecular weight excluding hydrogens is 490 g/mol. The van der Waals surface area contributed by atoms with Crippen LogP contribution in [0.2, 0.25) is 0 Å². The van der Waals surface area contributed by atoms with Crippen LogP contribution in [0, 0.1) is 0 Å². The molecule has 2 rings (SSSR count). The lowest BCUT2D eigenvalue weighted by atomic mass is 10.1. The molecule has 4 unspecified atom stereocenters. The first-order valence-corrected chi connectivity index (χ1v) is 12.0. The van der Waals surface area contributed by atoms with Crippen LogP contribution in [0.15, 0.2) is 25.0 Å². The number of unbranched alkanes of at least 4 members (excludes halogenated alkanes) is 1. The second-order valence-corrected chi connectivity index (χ2v) is 8.52. The lowest BCUT2D eigenvalue weighted by molar-refractivity contribution is -0.142. The Morgan fingerprint density at radius 3 is 1.81 bits per heavy atom. The number of hydrogen-bond donors (Lipinski definition) is 9. The number of nitrogens with two attached hydrogens (primary N) is 2. The molecule has 0 aliphatic heterocycles. The van der Waals surface area contributed by atoms with Crippen LogP contribution in [-0.4, -0.2) is 85.2 Å². The molecule has 0 bridgehead atoms. The molecule has 2 heterocycles. The SMILES string of the molecule is NCCCCC(NC(=O)C(Cc1cnc[nH]1)NC(=O)C(Cc1cnc[nH]1)NC(=O)C(N)CS)C(=O)O. The van der Waals surface area contributed by atoms with Crippen molar-refractivity contribution in [2.24, 2.45) is 11.5 Å². The molecule has 15 heteroatoms. The lowest BCUT2D eigenvalue weighted by Crippen LogP contribution is -2.58. The number of nitrogens with one attached hydrogen (secondary N) is 5. The third-order valence-electron chi connectivity index (χ3n) is 5.32. The van der Waals surface area contributed by atoms with E-state index in [9.17, 15) is 24.3 Å². The standard InChI is InChI=1S/C21H33N9O5S/c22-4-2-1-3-15(21(34)35)28-19(32)17(6-13-8-25-11-27-13)30-20(33)16(5-12-7-24-10-26-12)29-18(31)14(23)9-36/h7-8,10-11,14-17,36H,1-6,9,22-23H2,(H,24,26)(H,25,27)(H,28,32)(H,29,31)(H,30,33)(H,34,35). The van der Waals surface area contributed by atoms with Crippen molar-refractivity contribution in [3.63, 3.8) is 0 Å². The van der Waals surface area contributed by atoms with Gasteiger partial charge in [0.05, 0.1) is 18.7 Å². The number of carboxylic acids is 1. The zero-order valence-corrected chi connectivity index (χ0v) is 20.5. The number of imidazole rings is 2. The summed E-state index contributed by atoms with van der Waals surface area (Å²) in [7, 11) is 0. The predicted molar refractivity (Wildman–Crippen MR) is 133 cm³/mol. The smallest absolute Gasteiger partial charge is 0.326 e. The van der Waals surface area contributed by atoms with E-state index in [0.717, 1.165) is 0 Å². The third kappa shape index (κ3) is 9.31. The first-order chi connectivity index (χ1) is 17.2. The second-order valence-electron chi connectivity index (χ2n) is 8.16. The fraction of sp³-hybridized carbons (Fsp3) is 0.524. The van der Waals surface area contributed by atoms with Gasteiger partial charge in [-0.05, 0) is 25.8 Å². The van der Waals surface area contributed by atoms with E-state index in [0.29, 0.717) is 30.8 Å².